The van der Waals surface area contributed by atoms with Gasteiger partial charge in [-0.25, -0.2) is 0 Å². The van der Waals surface area contributed by atoms with Crippen molar-refractivity contribution in [3.63, 3.8) is 0 Å². The van der Waals surface area contributed by atoms with Crippen LogP contribution >= 0.6 is 0 Å². The third-order valence-corrected chi connectivity index (χ3v) is 4.13. The van der Waals surface area contributed by atoms with Crippen LogP contribution in [-0.2, 0) is 11.0 Å². The molecule has 0 aliphatic heterocycles. The number of carboxylic acids is 1. The molecule has 0 bridgehead atoms. The molecule has 1 aliphatic rings. The van der Waals surface area contributed by atoms with Crippen LogP contribution in [0.5, 0.6) is 5.75 Å². The molecule has 6 heteroatoms. The topological polar surface area (TPSA) is 46.5 Å². The highest BCUT2D eigenvalue weighted by Gasteiger charge is 2.32. The van der Waals surface area contributed by atoms with Gasteiger partial charge >= 0.3 is 12.1 Å². The fourth-order valence-corrected chi connectivity index (χ4v) is 2.89. The van der Waals surface area contributed by atoms with Crippen LogP contribution in [0.1, 0.15) is 37.7 Å². The van der Waals surface area contributed by atoms with Crippen molar-refractivity contribution in [2.45, 2.75) is 38.3 Å². The van der Waals surface area contributed by atoms with Crippen molar-refractivity contribution in [2.24, 2.45) is 11.8 Å². The molecule has 0 heterocycles. The van der Waals surface area contributed by atoms with Gasteiger partial charge in [0.1, 0.15) is 12.4 Å². The van der Waals surface area contributed by atoms with E-state index in [0.29, 0.717) is 0 Å². The van der Waals surface area contributed by atoms with Crippen LogP contribution in [0, 0.1) is 11.8 Å². The average Bonchev–Trinajstić information content (AvgIpc) is 2.48. The highest BCUT2D eigenvalue weighted by Crippen LogP contribution is 2.33. The first-order chi connectivity index (χ1) is 10.4. The number of hydrogen-bond donors (Lipinski definition) is 1. The highest BCUT2D eigenvalue weighted by molar-refractivity contribution is 5.70. The van der Waals surface area contributed by atoms with E-state index in [-0.39, 0.29) is 18.3 Å². The molecule has 0 amide bonds. The third kappa shape index (κ3) is 4.39. The van der Waals surface area contributed by atoms with Crippen LogP contribution in [0.25, 0.3) is 0 Å². The Bertz CT molecular complexity index is 508. The van der Waals surface area contributed by atoms with Gasteiger partial charge in [0.25, 0.3) is 0 Å². The van der Waals surface area contributed by atoms with E-state index in [1.54, 1.807) is 0 Å². The lowest BCUT2D eigenvalue weighted by atomic mass is 9.80. The molecule has 0 aromatic heterocycles. The normalized spacial score (nSPS) is 18.0. The zero-order chi connectivity index (χ0) is 16.2. The second-order valence-corrected chi connectivity index (χ2v) is 5.68. The van der Waals surface area contributed by atoms with Gasteiger partial charge in [-0.1, -0.05) is 25.3 Å². The maximum absolute atomic E-state index is 12.6. The molecule has 3 nitrogen and oxygen atoms in total. The van der Waals surface area contributed by atoms with Crippen molar-refractivity contribution < 1.29 is 27.8 Å². The van der Waals surface area contributed by atoms with Gasteiger partial charge in [0.2, 0.25) is 0 Å². The summed E-state index contributed by atoms with van der Waals surface area (Å²) in [5.74, 6) is -1.53. The zero-order valence-electron chi connectivity index (χ0n) is 12.1. The number of halogens is 3. The molecule has 22 heavy (non-hydrogen) atoms. The van der Waals surface area contributed by atoms with Crippen molar-refractivity contribution in [1.29, 1.82) is 0 Å². The lowest BCUT2D eigenvalue weighted by Crippen LogP contribution is -2.30. The Hall–Kier alpha value is -1.72. The molecule has 1 aliphatic carbocycles. The van der Waals surface area contributed by atoms with Gasteiger partial charge in [0.15, 0.2) is 0 Å². The molecule has 1 atom stereocenters. The fraction of sp³-hybridized carbons (Fsp3) is 0.562. The van der Waals surface area contributed by atoms with Crippen LogP contribution in [0.3, 0.4) is 0 Å². The summed E-state index contributed by atoms with van der Waals surface area (Å²) < 4.78 is 43.2. The minimum Gasteiger partial charge on any atom is -0.493 e. The Morgan fingerprint density at radius 3 is 2.55 bits per heavy atom. The molecule has 1 aromatic rings. The highest BCUT2D eigenvalue weighted by atomic mass is 19.4. The summed E-state index contributed by atoms with van der Waals surface area (Å²) in [4.78, 5) is 11.4. The van der Waals surface area contributed by atoms with Gasteiger partial charge in [-0.3, -0.25) is 4.79 Å². The first kappa shape index (κ1) is 16.6. The van der Waals surface area contributed by atoms with E-state index < -0.39 is 23.6 Å². The molecule has 0 spiro atoms. The van der Waals surface area contributed by atoms with Gasteiger partial charge in [-0.05, 0) is 37.0 Å². The molecule has 1 aromatic carbocycles. The van der Waals surface area contributed by atoms with E-state index in [4.69, 9.17) is 4.74 Å². The van der Waals surface area contributed by atoms with Crippen LogP contribution in [0.2, 0.25) is 0 Å². The summed E-state index contributed by atoms with van der Waals surface area (Å²) in [5.41, 5.74) is -0.797. The molecular weight excluding hydrogens is 297 g/mol. The molecule has 2 rings (SSSR count). The van der Waals surface area contributed by atoms with Gasteiger partial charge < -0.3 is 9.84 Å². The summed E-state index contributed by atoms with van der Waals surface area (Å²) in [6.07, 6.45) is 0.341. The molecule has 122 valence electrons. The smallest absolute Gasteiger partial charge is 0.416 e. The SMILES string of the molecule is O=C(O)C(COc1cccc(C(F)(F)F)c1)C1CCCCC1. The van der Waals surface area contributed by atoms with Crippen LogP contribution in [0.4, 0.5) is 13.2 Å². The van der Waals surface area contributed by atoms with Crippen molar-refractivity contribution >= 4 is 5.97 Å². The standard InChI is InChI=1S/C16H19F3O3/c17-16(18,19)12-7-4-8-13(9-12)22-10-14(15(20)21)11-5-2-1-3-6-11/h4,7-9,11,14H,1-3,5-6,10H2,(H,20,21). The Kier molecular flexibility index (Phi) is 5.32. The maximum Gasteiger partial charge on any atom is 0.416 e. The van der Waals surface area contributed by atoms with Gasteiger partial charge in [-0.2, -0.15) is 13.2 Å². The number of ether oxygens (including phenoxy) is 1. The van der Waals surface area contributed by atoms with E-state index in [0.717, 1.165) is 44.2 Å². The number of rotatable bonds is 5. The predicted octanol–water partition coefficient (Wildman–Crippen LogP) is 4.37. The predicted molar refractivity (Wildman–Crippen MR) is 74.6 cm³/mol. The first-order valence-corrected chi connectivity index (χ1v) is 7.41. The summed E-state index contributed by atoms with van der Waals surface area (Å²) in [6.45, 7) is -0.0959. The molecule has 1 saturated carbocycles. The number of carbonyl (C=O) groups is 1. The molecular formula is C16H19F3O3. The lowest BCUT2D eigenvalue weighted by molar-refractivity contribution is -0.145. The summed E-state index contributed by atoms with van der Waals surface area (Å²) in [5, 5.41) is 9.33. The van der Waals surface area contributed by atoms with Crippen LogP contribution in [0.15, 0.2) is 24.3 Å². The Morgan fingerprint density at radius 1 is 1.27 bits per heavy atom. The first-order valence-electron chi connectivity index (χ1n) is 7.41. The van der Waals surface area contributed by atoms with E-state index in [1.807, 2.05) is 0 Å². The van der Waals surface area contributed by atoms with E-state index in [9.17, 15) is 23.1 Å². The average molecular weight is 316 g/mol. The second-order valence-electron chi connectivity index (χ2n) is 5.68. The zero-order valence-corrected chi connectivity index (χ0v) is 12.1. The van der Waals surface area contributed by atoms with Gasteiger partial charge in [0, 0.05) is 0 Å². The molecule has 0 radical (unpaired) electrons. The minimum atomic E-state index is -4.44. The molecule has 1 N–H and O–H groups in total. The van der Waals surface area contributed by atoms with Crippen molar-refractivity contribution in [3.05, 3.63) is 29.8 Å². The molecule has 0 saturated heterocycles. The number of benzene rings is 1. The Morgan fingerprint density at radius 2 is 1.95 bits per heavy atom. The van der Waals surface area contributed by atoms with E-state index in [1.165, 1.54) is 12.1 Å². The largest absolute Gasteiger partial charge is 0.493 e. The summed E-state index contributed by atoms with van der Waals surface area (Å²) >= 11 is 0. The molecule has 1 fully saturated rings. The second kappa shape index (κ2) is 7.03. The quantitative estimate of drug-likeness (QED) is 0.877. The van der Waals surface area contributed by atoms with E-state index in [2.05, 4.69) is 0 Å². The van der Waals surface area contributed by atoms with Gasteiger partial charge in [0.05, 0.1) is 11.5 Å². The third-order valence-electron chi connectivity index (χ3n) is 4.13. The van der Waals surface area contributed by atoms with Crippen molar-refractivity contribution in [1.82, 2.24) is 0 Å². The number of carboxylic acid groups (broad SMARTS) is 1. The number of hydrogen-bond acceptors (Lipinski definition) is 2. The monoisotopic (exact) mass is 316 g/mol. The minimum absolute atomic E-state index is 0.0389. The number of aliphatic carboxylic acids is 1. The molecule has 1 unspecified atom stereocenters. The van der Waals surface area contributed by atoms with Crippen molar-refractivity contribution in [3.8, 4) is 5.75 Å². The van der Waals surface area contributed by atoms with E-state index >= 15 is 0 Å². The summed E-state index contributed by atoms with van der Waals surface area (Å²) in [7, 11) is 0. The van der Waals surface area contributed by atoms with Gasteiger partial charge in [-0.15, -0.1) is 0 Å². The van der Waals surface area contributed by atoms with Crippen LogP contribution < -0.4 is 4.74 Å². The summed E-state index contributed by atoms with van der Waals surface area (Å²) in [6, 6.07) is 4.53. The number of alkyl halides is 3. The van der Waals surface area contributed by atoms with Crippen LogP contribution in [-0.4, -0.2) is 17.7 Å². The lowest BCUT2D eigenvalue weighted by Gasteiger charge is -2.27. The maximum atomic E-state index is 12.6. The fourth-order valence-electron chi connectivity index (χ4n) is 2.89. The Balaban J connectivity index is 2.01. The Labute approximate surface area is 127 Å². The van der Waals surface area contributed by atoms with Crippen molar-refractivity contribution in [2.75, 3.05) is 6.61 Å².